The summed E-state index contributed by atoms with van der Waals surface area (Å²) in [5, 5.41) is 2.77. The van der Waals surface area contributed by atoms with Crippen LogP contribution in [-0.2, 0) is 20.9 Å². The first-order valence-electron chi connectivity index (χ1n) is 8.58. The van der Waals surface area contributed by atoms with Gasteiger partial charge >= 0.3 is 6.09 Å². The van der Waals surface area contributed by atoms with Crippen LogP contribution >= 0.6 is 11.8 Å². The molecule has 1 heterocycles. The fourth-order valence-corrected chi connectivity index (χ4v) is 3.70. The van der Waals surface area contributed by atoms with E-state index < -0.39 is 11.7 Å². The highest BCUT2D eigenvalue weighted by molar-refractivity contribution is 8.14. The Hall–Kier alpha value is -2.02. The van der Waals surface area contributed by atoms with Crippen LogP contribution in [0.2, 0.25) is 0 Å². The van der Waals surface area contributed by atoms with Gasteiger partial charge < -0.3 is 9.64 Å². The molecule has 0 bridgehead atoms. The second kappa shape index (κ2) is 8.12. The van der Waals surface area contributed by atoms with Crippen molar-refractivity contribution in [3.8, 4) is 0 Å². The minimum Gasteiger partial charge on any atom is -0.444 e. The maximum atomic E-state index is 12.2. The molecular weight excluding hydrogens is 352 g/mol. The molecule has 0 aliphatic carbocycles. The Morgan fingerprint density at radius 2 is 2.04 bits per heavy atom. The maximum absolute atomic E-state index is 12.2. The molecule has 0 aromatic heterocycles. The predicted molar refractivity (Wildman–Crippen MR) is 103 cm³/mol. The highest BCUT2D eigenvalue weighted by Gasteiger charge is 2.31. The molecule has 0 saturated carbocycles. The van der Waals surface area contributed by atoms with Gasteiger partial charge in [-0.3, -0.25) is 14.9 Å². The van der Waals surface area contributed by atoms with Crippen LogP contribution in [0.1, 0.15) is 45.2 Å². The minimum atomic E-state index is -0.566. The summed E-state index contributed by atoms with van der Waals surface area (Å²) in [6.45, 7) is 9.93. The Labute approximate surface area is 158 Å². The van der Waals surface area contributed by atoms with Crippen molar-refractivity contribution in [2.24, 2.45) is 0 Å². The number of likely N-dealkylation sites (tertiary alicyclic amines) is 1. The number of hydrogen-bond acceptors (Lipinski definition) is 5. The fourth-order valence-electron chi connectivity index (χ4n) is 2.75. The number of nitrogens with zero attached hydrogens (tertiary/aromatic N) is 1. The lowest BCUT2D eigenvalue weighted by Gasteiger charge is -2.21. The van der Waals surface area contributed by atoms with Gasteiger partial charge in [0.05, 0.1) is 0 Å². The van der Waals surface area contributed by atoms with E-state index >= 15 is 0 Å². The molecule has 1 atom stereocenters. The first-order valence-corrected chi connectivity index (χ1v) is 9.46. The van der Waals surface area contributed by atoms with Crippen LogP contribution in [0.25, 0.3) is 0 Å². The number of ether oxygens (including phenoxy) is 1. The summed E-state index contributed by atoms with van der Waals surface area (Å²) in [6, 6.07) is 5.57. The van der Waals surface area contributed by atoms with Crippen molar-refractivity contribution in [3.63, 3.8) is 0 Å². The van der Waals surface area contributed by atoms with E-state index in [1.807, 2.05) is 45.9 Å². The molecule has 0 spiro atoms. The van der Waals surface area contributed by atoms with Crippen molar-refractivity contribution in [2.45, 2.75) is 58.4 Å². The number of rotatable bonds is 4. The average Bonchev–Trinajstić information content (AvgIpc) is 2.79. The summed E-state index contributed by atoms with van der Waals surface area (Å²) >= 11 is 1.23. The van der Waals surface area contributed by atoms with Crippen molar-refractivity contribution in [2.75, 3.05) is 11.9 Å². The monoisotopic (exact) mass is 378 g/mol. The summed E-state index contributed by atoms with van der Waals surface area (Å²) in [4.78, 5) is 37.2. The summed E-state index contributed by atoms with van der Waals surface area (Å²) < 4.78 is 5.26. The lowest BCUT2D eigenvalue weighted by molar-refractivity contribution is -0.128. The van der Waals surface area contributed by atoms with E-state index in [0.29, 0.717) is 25.2 Å². The highest BCUT2D eigenvalue weighted by Crippen LogP contribution is 2.27. The van der Waals surface area contributed by atoms with Crippen molar-refractivity contribution in [1.29, 1.82) is 0 Å². The zero-order valence-electron chi connectivity index (χ0n) is 15.9. The maximum Gasteiger partial charge on any atom is 0.412 e. The fraction of sp³-hybridized carbons (Fsp3) is 0.526. The molecule has 1 aliphatic rings. The van der Waals surface area contributed by atoms with E-state index in [1.165, 1.54) is 18.7 Å². The van der Waals surface area contributed by atoms with Crippen molar-refractivity contribution < 1.29 is 19.1 Å². The lowest BCUT2D eigenvalue weighted by Crippen LogP contribution is -2.27. The number of aryl methyl sites for hydroxylation is 1. The Balaban J connectivity index is 2.04. The second-order valence-electron chi connectivity index (χ2n) is 7.48. The SMILES string of the molecule is CC(=O)SC1CC(=O)N(Cc2cc(NC(=O)OC(C)(C)C)ccc2C)C1. The molecule has 2 rings (SSSR count). The molecule has 2 amide bonds. The Bertz CT molecular complexity index is 712. The number of hydrogen-bond donors (Lipinski definition) is 1. The summed E-state index contributed by atoms with van der Waals surface area (Å²) in [7, 11) is 0. The Kier molecular flexibility index (Phi) is 6.34. The normalized spacial score (nSPS) is 17.3. The molecule has 142 valence electrons. The van der Waals surface area contributed by atoms with Gasteiger partial charge in [0, 0.05) is 37.4 Å². The molecule has 1 aromatic rings. The van der Waals surface area contributed by atoms with Gasteiger partial charge in [-0.1, -0.05) is 17.8 Å². The van der Waals surface area contributed by atoms with Crippen LogP contribution in [-0.4, -0.2) is 39.4 Å². The predicted octanol–water partition coefficient (Wildman–Crippen LogP) is 3.72. The number of nitrogens with one attached hydrogen (secondary N) is 1. The van der Waals surface area contributed by atoms with Gasteiger partial charge in [0.2, 0.25) is 5.91 Å². The number of benzene rings is 1. The van der Waals surface area contributed by atoms with Crippen molar-refractivity contribution >= 4 is 34.6 Å². The van der Waals surface area contributed by atoms with Gasteiger partial charge in [0.25, 0.3) is 0 Å². The van der Waals surface area contributed by atoms with E-state index in [1.54, 1.807) is 4.90 Å². The van der Waals surface area contributed by atoms with Gasteiger partial charge in [-0.25, -0.2) is 4.79 Å². The summed E-state index contributed by atoms with van der Waals surface area (Å²) in [6.07, 6.45) is -0.124. The van der Waals surface area contributed by atoms with Crippen LogP contribution in [0, 0.1) is 6.92 Å². The molecule has 26 heavy (non-hydrogen) atoms. The summed E-state index contributed by atoms with van der Waals surface area (Å²) in [5.41, 5.74) is 2.06. The third-order valence-electron chi connectivity index (χ3n) is 3.87. The molecule has 0 radical (unpaired) electrons. The standard InChI is InChI=1S/C19H26N2O4S/c1-12-6-7-15(20-18(24)25-19(3,4)5)8-14(12)10-21-11-16(9-17(21)23)26-13(2)22/h6-8,16H,9-11H2,1-5H3,(H,20,24). The molecule has 1 saturated heterocycles. The Morgan fingerprint density at radius 3 is 2.65 bits per heavy atom. The smallest absolute Gasteiger partial charge is 0.412 e. The van der Waals surface area contributed by atoms with Crippen LogP contribution in [0.5, 0.6) is 0 Å². The van der Waals surface area contributed by atoms with E-state index in [-0.39, 0.29) is 16.3 Å². The topological polar surface area (TPSA) is 75.7 Å². The number of anilines is 1. The molecule has 1 aromatic carbocycles. The number of amides is 2. The molecule has 1 N–H and O–H groups in total. The minimum absolute atomic E-state index is 0.0170. The first kappa shape index (κ1) is 20.3. The molecular formula is C19H26N2O4S. The lowest BCUT2D eigenvalue weighted by atomic mass is 10.1. The molecule has 7 heteroatoms. The van der Waals surface area contributed by atoms with Gasteiger partial charge in [0.15, 0.2) is 5.12 Å². The third-order valence-corrected chi connectivity index (χ3v) is 4.85. The molecule has 1 unspecified atom stereocenters. The number of carbonyl (C=O) groups excluding carboxylic acids is 3. The summed E-state index contributed by atoms with van der Waals surface area (Å²) in [5.74, 6) is 0.0497. The highest BCUT2D eigenvalue weighted by atomic mass is 32.2. The number of carbonyl (C=O) groups is 3. The largest absolute Gasteiger partial charge is 0.444 e. The van der Waals surface area contributed by atoms with E-state index in [0.717, 1.165) is 11.1 Å². The van der Waals surface area contributed by atoms with Crippen LogP contribution in [0.4, 0.5) is 10.5 Å². The number of thioether (sulfide) groups is 1. The molecule has 1 aliphatic heterocycles. The van der Waals surface area contributed by atoms with Crippen LogP contribution in [0.3, 0.4) is 0 Å². The zero-order valence-corrected chi connectivity index (χ0v) is 16.7. The van der Waals surface area contributed by atoms with Crippen LogP contribution in [0.15, 0.2) is 18.2 Å². The first-order chi connectivity index (χ1) is 12.0. The molecule has 1 fully saturated rings. The third kappa shape index (κ3) is 6.05. The van der Waals surface area contributed by atoms with E-state index in [2.05, 4.69) is 5.32 Å². The van der Waals surface area contributed by atoms with E-state index in [4.69, 9.17) is 4.74 Å². The quantitative estimate of drug-likeness (QED) is 0.864. The Morgan fingerprint density at radius 1 is 1.35 bits per heavy atom. The average molecular weight is 378 g/mol. The second-order valence-corrected chi connectivity index (χ2v) is 8.96. The molecule has 6 nitrogen and oxygen atoms in total. The van der Waals surface area contributed by atoms with E-state index in [9.17, 15) is 14.4 Å². The van der Waals surface area contributed by atoms with Crippen LogP contribution < -0.4 is 5.32 Å². The van der Waals surface area contributed by atoms with Crippen molar-refractivity contribution in [3.05, 3.63) is 29.3 Å². The zero-order chi connectivity index (χ0) is 19.5. The van der Waals surface area contributed by atoms with Gasteiger partial charge in [-0.05, 0) is 51.0 Å². The van der Waals surface area contributed by atoms with Gasteiger partial charge in [0.1, 0.15) is 5.60 Å². The van der Waals surface area contributed by atoms with Gasteiger partial charge in [-0.2, -0.15) is 0 Å². The van der Waals surface area contributed by atoms with Gasteiger partial charge in [-0.15, -0.1) is 0 Å². The van der Waals surface area contributed by atoms with Crippen molar-refractivity contribution in [1.82, 2.24) is 4.90 Å².